The third kappa shape index (κ3) is 4.49. The number of amides is 1. The molecule has 0 aliphatic carbocycles. The topological polar surface area (TPSA) is 75.6 Å². The van der Waals surface area contributed by atoms with Crippen molar-refractivity contribution in [3.05, 3.63) is 11.8 Å². The normalized spacial score (nSPS) is 14.3. The quantitative estimate of drug-likeness (QED) is 0.635. The number of nitrogens with one attached hydrogen (secondary N) is 1. The molecule has 0 atom stereocenters. The van der Waals surface area contributed by atoms with E-state index in [1.165, 1.54) is 6.26 Å². The maximum atomic E-state index is 11.4. The number of aliphatic carboxylic acids is 1. The van der Waals surface area contributed by atoms with E-state index in [0.29, 0.717) is 38.0 Å². The van der Waals surface area contributed by atoms with Crippen molar-refractivity contribution >= 4 is 11.9 Å². The van der Waals surface area contributed by atoms with Gasteiger partial charge in [-0.25, -0.2) is 0 Å². The standard InChI is InChI=1S/C10H15NO4/c12-9(13)3-1-2-5-11-10(14)8-4-6-15-7-8/h7H,1-6H2,(H,11,14)(H,12,13). The summed E-state index contributed by atoms with van der Waals surface area (Å²) in [5.41, 5.74) is 0.660. The second kappa shape index (κ2) is 6.06. The van der Waals surface area contributed by atoms with Gasteiger partial charge in [0, 0.05) is 19.4 Å². The van der Waals surface area contributed by atoms with E-state index in [4.69, 9.17) is 9.84 Å². The van der Waals surface area contributed by atoms with E-state index in [1.807, 2.05) is 0 Å². The lowest BCUT2D eigenvalue weighted by molar-refractivity contribution is -0.137. The molecule has 0 aromatic heterocycles. The number of carbonyl (C=O) groups excluding carboxylic acids is 1. The maximum Gasteiger partial charge on any atom is 0.303 e. The first-order chi connectivity index (χ1) is 7.20. The van der Waals surface area contributed by atoms with Crippen molar-refractivity contribution in [3.8, 4) is 0 Å². The lowest BCUT2D eigenvalue weighted by Crippen LogP contribution is -2.25. The van der Waals surface area contributed by atoms with Crippen molar-refractivity contribution in [3.63, 3.8) is 0 Å². The number of hydrogen-bond acceptors (Lipinski definition) is 3. The van der Waals surface area contributed by atoms with Crippen molar-refractivity contribution in [2.45, 2.75) is 25.7 Å². The van der Waals surface area contributed by atoms with Crippen LogP contribution in [0.25, 0.3) is 0 Å². The van der Waals surface area contributed by atoms with Gasteiger partial charge in [-0.1, -0.05) is 0 Å². The van der Waals surface area contributed by atoms with Gasteiger partial charge in [0.15, 0.2) is 0 Å². The van der Waals surface area contributed by atoms with Gasteiger partial charge >= 0.3 is 5.97 Å². The van der Waals surface area contributed by atoms with Crippen LogP contribution < -0.4 is 5.32 Å². The number of unbranched alkanes of at least 4 members (excludes halogenated alkanes) is 1. The maximum absolute atomic E-state index is 11.4. The van der Waals surface area contributed by atoms with Crippen LogP contribution in [0.2, 0.25) is 0 Å². The fourth-order valence-electron chi connectivity index (χ4n) is 1.27. The van der Waals surface area contributed by atoms with Gasteiger partial charge in [0.25, 0.3) is 0 Å². The number of ether oxygens (including phenoxy) is 1. The largest absolute Gasteiger partial charge is 0.500 e. The van der Waals surface area contributed by atoms with Gasteiger partial charge in [0.1, 0.15) is 0 Å². The van der Waals surface area contributed by atoms with Crippen LogP contribution in [0, 0.1) is 0 Å². The summed E-state index contributed by atoms with van der Waals surface area (Å²) in [5.74, 6) is -0.906. The first kappa shape index (κ1) is 11.6. The van der Waals surface area contributed by atoms with Crippen LogP contribution in [0.4, 0.5) is 0 Å². The Hall–Kier alpha value is -1.52. The number of carboxylic acids is 1. The number of carbonyl (C=O) groups is 2. The van der Waals surface area contributed by atoms with Crippen LogP contribution in [0.3, 0.4) is 0 Å². The molecule has 0 saturated heterocycles. The van der Waals surface area contributed by atoms with Crippen molar-refractivity contribution < 1.29 is 19.4 Å². The van der Waals surface area contributed by atoms with E-state index < -0.39 is 5.97 Å². The molecule has 0 aromatic rings. The van der Waals surface area contributed by atoms with Gasteiger partial charge in [-0.15, -0.1) is 0 Å². The highest BCUT2D eigenvalue weighted by Crippen LogP contribution is 2.09. The molecule has 15 heavy (non-hydrogen) atoms. The fraction of sp³-hybridized carbons (Fsp3) is 0.600. The number of rotatable bonds is 6. The number of carboxylic acid groups (broad SMARTS) is 1. The average Bonchev–Trinajstić information content (AvgIpc) is 2.69. The fourth-order valence-corrected chi connectivity index (χ4v) is 1.27. The highest BCUT2D eigenvalue weighted by molar-refractivity contribution is 5.93. The lowest BCUT2D eigenvalue weighted by atomic mass is 10.2. The third-order valence-electron chi connectivity index (χ3n) is 2.11. The minimum atomic E-state index is -0.798. The lowest BCUT2D eigenvalue weighted by Gasteiger charge is -2.03. The molecule has 0 spiro atoms. The first-order valence-electron chi connectivity index (χ1n) is 5.01. The molecule has 1 amide bonds. The molecular formula is C10H15NO4. The molecule has 84 valence electrons. The molecular weight excluding hydrogens is 198 g/mol. The van der Waals surface area contributed by atoms with E-state index in [-0.39, 0.29) is 12.3 Å². The smallest absolute Gasteiger partial charge is 0.303 e. The van der Waals surface area contributed by atoms with Crippen molar-refractivity contribution in [2.24, 2.45) is 0 Å². The van der Waals surface area contributed by atoms with E-state index >= 15 is 0 Å². The summed E-state index contributed by atoms with van der Waals surface area (Å²) in [6.07, 6.45) is 3.56. The molecule has 1 heterocycles. The minimum Gasteiger partial charge on any atom is -0.500 e. The Balaban J connectivity index is 2.04. The predicted octanol–water partition coefficient (Wildman–Crippen LogP) is 0.662. The zero-order valence-corrected chi connectivity index (χ0v) is 8.49. The summed E-state index contributed by atoms with van der Waals surface area (Å²) < 4.78 is 4.94. The average molecular weight is 213 g/mol. The molecule has 1 aliphatic rings. The Morgan fingerprint density at radius 1 is 1.47 bits per heavy atom. The summed E-state index contributed by atoms with van der Waals surface area (Å²) in [5, 5.41) is 11.1. The second-order valence-corrected chi connectivity index (χ2v) is 3.37. The van der Waals surface area contributed by atoms with Gasteiger partial charge < -0.3 is 15.2 Å². The monoisotopic (exact) mass is 213 g/mol. The predicted molar refractivity (Wildman–Crippen MR) is 53.1 cm³/mol. The van der Waals surface area contributed by atoms with E-state index in [9.17, 15) is 9.59 Å². The van der Waals surface area contributed by atoms with Crippen molar-refractivity contribution in [2.75, 3.05) is 13.2 Å². The molecule has 0 radical (unpaired) electrons. The molecule has 2 N–H and O–H groups in total. The first-order valence-corrected chi connectivity index (χ1v) is 5.01. The Labute approximate surface area is 88.1 Å². The van der Waals surface area contributed by atoms with Crippen LogP contribution in [0.1, 0.15) is 25.7 Å². The van der Waals surface area contributed by atoms with Gasteiger partial charge in [-0.2, -0.15) is 0 Å². The third-order valence-corrected chi connectivity index (χ3v) is 2.11. The molecule has 1 rings (SSSR count). The van der Waals surface area contributed by atoms with Crippen LogP contribution in [0.15, 0.2) is 11.8 Å². The molecule has 5 nitrogen and oxygen atoms in total. The molecule has 0 saturated carbocycles. The molecule has 5 heteroatoms. The zero-order chi connectivity index (χ0) is 11.1. The Kier molecular flexibility index (Phi) is 4.66. The van der Waals surface area contributed by atoms with Crippen LogP contribution in [-0.4, -0.2) is 30.1 Å². The molecule has 0 unspecified atom stereocenters. The summed E-state index contributed by atoms with van der Waals surface area (Å²) in [4.78, 5) is 21.6. The second-order valence-electron chi connectivity index (χ2n) is 3.37. The van der Waals surface area contributed by atoms with E-state index in [0.717, 1.165) is 0 Å². The highest BCUT2D eigenvalue weighted by Gasteiger charge is 2.13. The van der Waals surface area contributed by atoms with Crippen molar-refractivity contribution in [1.29, 1.82) is 0 Å². The SMILES string of the molecule is O=C(O)CCCCNC(=O)C1=COCC1. The Bertz CT molecular complexity index is 273. The Morgan fingerprint density at radius 2 is 2.27 bits per heavy atom. The Morgan fingerprint density at radius 3 is 2.87 bits per heavy atom. The summed E-state index contributed by atoms with van der Waals surface area (Å²) >= 11 is 0. The number of hydrogen-bond donors (Lipinski definition) is 2. The molecule has 0 bridgehead atoms. The summed E-state index contributed by atoms with van der Waals surface area (Å²) in [6, 6.07) is 0. The van der Waals surface area contributed by atoms with Gasteiger partial charge in [0.05, 0.1) is 18.4 Å². The van der Waals surface area contributed by atoms with Crippen LogP contribution in [0.5, 0.6) is 0 Å². The minimum absolute atomic E-state index is 0.108. The summed E-state index contributed by atoms with van der Waals surface area (Å²) in [6.45, 7) is 1.09. The molecule has 1 aliphatic heterocycles. The van der Waals surface area contributed by atoms with E-state index in [2.05, 4.69) is 5.32 Å². The van der Waals surface area contributed by atoms with Gasteiger partial charge in [-0.05, 0) is 12.8 Å². The van der Waals surface area contributed by atoms with Crippen molar-refractivity contribution in [1.82, 2.24) is 5.32 Å². The highest BCUT2D eigenvalue weighted by atomic mass is 16.5. The summed E-state index contributed by atoms with van der Waals surface area (Å²) in [7, 11) is 0. The zero-order valence-electron chi connectivity index (χ0n) is 8.49. The van der Waals surface area contributed by atoms with Crippen LogP contribution >= 0.6 is 0 Å². The van der Waals surface area contributed by atoms with Gasteiger partial charge in [0.2, 0.25) is 5.91 Å². The van der Waals surface area contributed by atoms with Gasteiger partial charge in [-0.3, -0.25) is 9.59 Å². The van der Waals surface area contributed by atoms with E-state index in [1.54, 1.807) is 0 Å². The molecule has 0 aromatic carbocycles. The molecule has 0 fully saturated rings. The van der Waals surface area contributed by atoms with Crippen LogP contribution in [-0.2, 0) is 14.3 Å².